The molecule has 2 amide bonds. The van der Waals surface area contributed by atoms with Crippen LogP contribution < -0.4 is 14.8 Å². The Hall–Kier alpha value is -3.09. The van der Waals surface area contributed by atoms with E-state index in [9.17, 15) is 14.0 Å². The molecule has 0 unspecified atom stereocenters. The van der Waals surface area contributed by atoms with Crippen LogP contribution in [0.1, 0.15) is 31.2 Å². The van der Waals surface area contributed by atoms with Crippen LogP contribution in [0.4, 0.5) is 10.1 Å². The average Bonchev–Trinajstić information content (AvgIpc) is 3.44. The highest BCUT2D eigenvalue weighted by Gasteiger charge is 2.53. The van der Waals surface area contributed by atoms with Crippen molar-refractivity contribution in [3.8, 4) is 11.5 Å². The number of piperidine rings is 1. The molecule has 1 N–H and O–H groups in total. The summed E-state index contributed by atoms with van der Waals surface area (Å²) in [5, 5.41) is 2.95. The molecule has 2 aromatic rings. The predicted octanol–water partition coefficient (Wildman–Crippen LogP) is 3.46. The van der Waals surface area contributed by atoms with Crippen LogP contribution >= 0.6 is 0 Å². The van der Waals surface area contributed by atoms with Crippen molar-refractivity contribution < 1.29 is 23.5 Å². The molecule has 5 rings (SSSR count). The molecule has 7 heteroatoms. The summed E-state index contributed by atoms with van der Waals surface area (Å²) in [6.45, 7) is 1.31. The highest BCUT2D eigenvalue weighted by molar-refractivity contribution is 5.94. The zero-order chi connectivity index (χ0) is 20.7. The molecule has 6 nitrogen and oxygen atoms in total. The minimum atomic E-state index is -0.505. The molecule has 1 saturated carbocycles. The molecule has 2 fully saturated rings. The van der Waals surface area contributed by atoms with Gasteiger partial charge in [0.05, 0.1) is 5.41 Å². The number of anilines is 1. The summed E-state index contributed by atoms with van der Waals surface area (Å²) in [6.07, 6.45) is 2.84. The largest absolute Gasteiger partial charge is 0.454 e. The molecule has 2 heterocycles. The fourth-order valence-corrected chi connectivity index (χ4v) is 4.39. The van der Waals surface area contributed by atoms with Gasteiger partial charge in [-0.15, -0.1) is 0 Å². The predicted molar refractivity (Wildman–Crippen MR) is 108 cm³/mol. The van der Waals surface area contributed by atoms with E-state index in [-0.39, 0.29) is 30.3 Å². The SMILES string of the molecule is O=C(Nc1ccc2c(c1)OCO2)C1CCN(C(=O)C2(c3ccc(F)cc3)CC2)CC1. The Morgan fingerprint density at radius 3 is 2.40 bits per heavy atom. The van der Waals surface area contributed by atoms with E-state index < -0.39 is 5.41 Å². The second kappa shape index (κ2) is 7.31. The Morgan fingerprint density at radius 2 is 1.70 bits per heavy atom. The maximum absolute atomic E-state index is 13.2. The number of hydrogen-bond acceptors (Lipinski definition) is 4. The third-order valence-electron chi connectivity index (χ3n) is 6.35. The Kier molecular flexibility index (Phi) is 4.60. The summed E-state index contributed by atoms with van der Waals surface area (Å²) in [4.78, 5) is 27.7. The zero-order valence-electron chi connectivity index (χ0n) is 16.5. The van der Waals surface area contributed by atoms with Crippen LogP contribution in [-0.2, 0) is 15.0 Å². The van der Waals surface area contributed by atoms with Crippen molar-refractivity contribution in [1.82, 2.24) is 4.90 Å². The van der Waals surface area contributed by atoms with Crippen molar-refractivity contribution in [2.24, 2.45) is 5.92 Å². The smallest absolute Gasteiger partial charge is 0.233 e. The summed E-state index contributed by atoms with van der Waals surface area (Å²) in [5.41, 5.74) is 1.06. The molecule has 0 atom stereocenters. The average molecular weight is 410 g/mol. The Balaban J connectivity index is 1.18. The third kappa shape index (κ3) is 3.38. The van der Waals surface area contributed by atoms with Gasteiger partial charge in [-0.3, -0.25) is 9.59 Å². The van der Waals surface area contributed by atoms with E-state index >= 15 is 0 Å². The zero-order valence-corrected chi connectivity index (χ0v) is 16.5. The van der Waals surface area contributed by atoms with Gasteiger partial charge in [-0.25, -0.2) is 4.39 Å². The molecule has 2 aromatic carbocycles. The first-order chi connectivity index (χ1) is 14.5. The molecule has 0 radical (unpaired) electrons. The van der Waals surface area contributed by atoms with Gasteiger partial charge in [0, 0.05) is 30.8 Å². The van der Waals surface area contributed by atoms with Gasteiger partial charge in [-0.05, 0) is 55.5 Å². The number of likely N-dealkylation sites (tertiary alicyclic amines) is 1. The van der Waals surface area contributed by atoms with Crippen molar-refractivity contribution >= 4 is 17.5 Å². The van der Waals surface area contributed by atoms with Crippen molar-refractivity contribution in [2.45, 2.75) is 31.1 Å². The minimum absolute atomic E-state index is 0.0411. The summed E-state index contributed by atoms with van der Waals surface area (Å²) in [5.74, 6) is 0.930. The molecule has 2 aliphatic heterocycles. The van der Waals surface area contributed by atoms with Gasteiger partial charge >= 0.3 is 0 Å². The Labute approximate surface area is 174 Å². The number of carbonyl (C=O) groups excluding carboxylic acids is 2. The summed E-state index contributed by atoms with van der Waals surface area (Å²) < 4.78 is 23.9. The van der Waals surface area contributed by atoms with Crippen LogP contribution in [0, 0.1) is 11.7 Å². The first-order valence-electron chi connectivity index (χ1n) is 10.3. The molecule has 1 aliphatic carbocycles. The first-order valence-corrected chi connectivity index (χ1v) is 10.3. The van der Waals surface area contributed by atoms with Crippen LogP contribution in [0.15, 0.2) is 42.5 Å². The third-order valence-corrected chi connectivity index (χ3v) is 6.35. The molecular formula is C23H23FN2O4. The van der Waals surface area contributed by atoms with Gasteiger partial charge < -0.3 is 19.7 Å². The van der Waals surface area contributed by atoms with Crippen LogP contribution in [0.2, 0.25) is 0 Å². The van der Waals surface area contributed by atoms with Gasteiger partial charge in [-0.1, -0.05) is 12.1 Å². The number of halogens is 1. The van der Waals surface area contributed by atoms with Gasteiger partial charge in [0.25, 0.3) is 0 Å². The van der Waals surface area contributed by atoms with Gasteiger partial charge in [0.15, 0.2) is 11.5 Å². The number of amides is 2. The molecule has 0 bridgehead atoms. The molecule has 156 valence electrons. The lowest BCUT2D eigenvalue weighted by atomic mass is 9.91. The van der Waals surface area contributed by atoms with Crippen molar-refractivity contribution in [3.05, 3.63) is 53.8 Å². The lowest BCUT2D eigenvalue weighted by molar-refractivity contribution is -0.137. The number of nitrogens with zero attached hydrogens (tertiary/aromatic N) is 1. The molecular weight excluding hydrogens is 387 g/mol. The van der Waals surface area contributed by atoms with E-state index in [4.69, 9.17) is 9.47 Å². The topological polar surface area (TPSA) is 67.9 Å². The minimum Gasteiger partial charge on any atom is -0.454 e. The standard InChI is InChI=1S/C23H23FN2O4/c24-17-3-1-16(2-4-17)23(9-10-23)22(28)26-11-7-15(8-12-26)21(27)25-18-5-6-19-20(13-18)30-14-29-19/h1-6,13,15H,7-12,14H2,(H,25,27). The molecule has 0 spiro atoms. The van der Waals surface area contributed by atoms with Gasteiger partial charge in [-0.2, -0.15) is 0 Å². The number of nitrogens with one attached hydrogen (secondary N) is 1. The lowest BCUT2D eigenvalue weighted by Gasteiger charge is -2.34. The maximum atomic E-state index is 13.2. The molecule has 1 saturated heterocycles. The van der Waals surface area contributed by atoms with E-state index in [2.05, 4.69) is 5.32 Å². The van der Waals surface area contributed by atoms with Crippen LogP contribution in [-0.4, -0.2) is 36.6 Å². The number of rotatable bonds is 4. The normalized spacial score (nSPS) is 19.4. The highest BCUT2D eigenvalue weighted by Crippen LogP contribution is 2.50. The Bertz CT molecular complexity index is 979. The van der Waals surface area contributed by atoms with Crippen LogP contribution in [0.25, 0.3) is 0 Å². The number of carbonyl (C=O) groups is 2. The van der Waals surface area contributed by atoms with E-state index in [0.29, 0.717) is 43.1 Å². The van der Waals surface area contributed by atoms with Gasteiger partial charge in [0.2, 0.25) is 18.6 Å². The number of hydrogen-bond donors (Lipinski definition) is 1. The monoisotopic (exact) mass is 410 g/mol. The first kappa shape index (κ1) is 18.9. The molecule has 30 heavy (non-hydrogen) atoms. The van der Waals surface area contributed by atoms with Gasteiger partial charge in [0.1, 0.15) is 5.82 Å². The van der Waals surface area contributed by atoms with Crippen molar-refractivity contribution in [3.63, 3.8) is 0 Å². The fraction of sp³-hybridized carbons (Fsp3) is 0.391. The quantitative estimate of drug-likeness (QED) is 0.838. The summed E-state index contributed by atoms with van der Waals surface area (Å²) in [6, 6.07) is 11.6. The van der Waals surface area contributed by atoms with Crippen LogP contribution in [0.5, 0.6) is 11.5 Å². The number of benzene rings is 2. The van der Waals surface area contributed by atoms with E-state index in [0.717, 1.165) is 18.4 Å². The highest BCUT2D eigenvalue weighted by atomic mass is 19.1. The molecule has 0 aromatic heterocycles. The second-order valence-corrected chi connectivity index (χ2v) is 8.21. The van der Waals surface area contributed by atoms with E-state index in [1.54, 1.807) is 30.3 Å². The van der Waals surface area contributed by atoms with Crippen LogP contribution in [0.3, 0.4) is 0 Å². The molecule has 3 aliphatic rings. The summed E-state index contributed by atoms with van der Waals surface area (Å²) >= 11 is 0. The van der Waals surface area contributed by atoms with E-state index in [1.165, 1.54) is 12.1 Å². The van der Waals surface area contributed by atoms with Crippen molar-refractivity contribution in [1.29, 1.82) is 0 Å². The fourth-order valence-electron chi connectivity index (χ4n) is 4.39. The number of fused-ring (bicyclic) bond motifs is 1. The second-order valence-electron chi connectivity index (χ2n) is 8.21. The Morgan fingerprint density at radius 1 is 1.00 bits per heavy atom. The summed E-state index contributed by atoms with van der Waals surface area (Å²) in [7, 11) is 0. The van der Waals surface area contributed by atoms with E-state index in [1.807, 2.05) is 4.90 Å². The number of ether oxygens (including phenoxy) is 2. The van der Waals surface area contributed by atoms with Crippen molar-refractivity contribution in [2.75, 3.05) is 25.2 Å². The maximum Gasteiger partial charge on any atom is 0.233 e. The lowest BCUT2D eigenvalue weighted by Crippen LogP contribution is -2.45.